The highest BCUT2D eigenvalue weighted by Crippen LogP contribution is 1.95. The number of ether oxygens (including phenoxy) is 1. The van der Waals surface area contributed by atoms with E-state index in [4.69, 9.17) is 5.11 Å². The lowest BCUT2D eigenvalue weighted by atomic mass is 10.2. The Bertz CT molecular complexity index is 197. The minimum Gasteiger partial charge on any atom is -0.469 e. The Morgan fingerprint density at radius 2 is 1.87 bits per heavy atom. The van der Waals surface area contributed by atoms with Crippen LogP contribution >= 0.6 is 0 Å². The van der Waals surface area contributed by atoms with Gasteiger partial charge in [-0.2, -0.15) is 0 Å². The van der Waals surface area contributed by atoms with Crippen molar-refractivity contribution in [3.8, 4) is 0 Å². The van der Waals surface area contributed by atoms with E-state index in [9.17, 15) is 9.59 Å². The van der Waals surface area contributed by atoms with Gasteiger partial charge in [-0.3, -0.25) is 4.79 Å². The Morgan fingerprint density at radius 3 is 2.47 bits per heavy atom. The second-order valence-corrected chi connectivity index (χ2v) is 2.94. The van der Waals surface area contributed by atoms with Crippen LogP contribution in [0.3, 0.4) is 0 Å². The summed E-state index contributed by atoms with van der Waals surface area (Å²) in [6, 6.07) is -0.304. The topological polar surface area (TPSA) is 87.7 Å². The summed E-state index contributed by atoms with van der Waals surface area (Å²) in [7, 11) is 1.35. The van der Waals surface area contributed by atoms with Crippen LogP contribution in [0.2, 0.25) is 0 Å². The summed E-state index contributed by atoms with van der Waals surface area (Å²) in [5, 5.41) is 13.5. The van der Waals surface area contributed by atoms with E-state index in [1.165, 1.54) is 7.11 Å². The van der Waals surface area contributed by atoms with Crippen molar-refractivity contribution in [2.24, 2.45) is 0 Å². The molecule has 2 amide bonds. The van der Waals surface area contributed by atoms with Gasteiger partial charge in [-0.05, 0) is 12.8 Å². The number of carbonyl (C=O) groups excluding carboxylic acids is 2. The number of aliphatic hydroxyl groups excluding tert-OH is 1. The number of methoxy groups -OCH3 is 1. The van der Waals surface area contributed by atoms with Crippen molar-refractivity contribution in [2.75, 3.05) is 26.8 Å². The van der Waals surface area contributed by atoms with Crippen molar-refractivity contribution in [1.29, 1.82) is 0 Å². The average molecular weight is 218 g/mol. The molecule has 0 spiro atoms. The molecule has 0 heterocycles. The van der Waals surface area contributed by atoms with Crippen LogP contribution in [-0.4, -0.2) is 43.9 Å². The third kappa shape index (κ3) is 9.01. The standard InChI is InChI=1S/C9H18N2O4/c1-15-8(13)4-2-3-5-10-9(14)11-6-7-12/h12H,2-7H2,1H3,(H2,10,11,14). The summed E-state index contributed by atoms with van der Waals surface area (Å²) in [6.45, 7) is 0.679. The number of amides is 2. The van der Waals surface area contributed by atoms with Gasteiger partial charge in [-0.15, -0.1) is 0 Å². The Labute approximate surface area is 89.0 Å². The van der Waals surface area contributed by atoms with Crippen LogP contribution < -0.4 is 10.6 Å². The maximum absolute atomic E-state index is 10.9. The maximum Gasteiger partial charge on any atom is 0.314 e. The molecule has 88 valence electrons. The number of hydrogen-bond acceptors (Lipinski definition) is 4. The van der Waals surface area contributed by atoms with Crippen molar-refractivity contribution in [3.05, 3.63) is 0 Å². The Kier molecular flexibility index (Phi) is 8.46. The number of urea groups is 1. The number of hydrogen-bond donors (Lipinski definition) is 3. The summed E-state index contributed by atoms with van der Waals surface area (Å²) in [5.74, 6) is -0.236. The molecule has 0 fully saturated rings. The lowest BCUT2D eigenvalue weighted by Crippen LogP contribution is -2.37. The first-order valence-corrected chi connectivity index (χ1v) is 4.90. The highest BCUT2D eigenvalue weighted by molar-refractivity contribution is 5.73. The van der Waals surface area contributed by atoms with Crippen LogP contribution in [0, 0.1) is 0 Å². The van der Waals surface area contributed by atoms with E-state index in [1.54, 1.807) is 0 Å². The smallest absolute Gasteiger partial charge is 0.314 e. The van der Waals surface area contributed by atoms with Gasteiger partial charge in [0, 0.05) is 19.5 Å². The van der Waals surface area contributed by atoms with Crippen molar-refractivity contribution >= 4 is 12.0 Å². The van der Waals surface area contributed by atoms with E-state index < -0.39 is 0 Å². The van der Waals surface area contributed by atoms with Gasteiger partial charge in [-0.25, -0.2) is 4.79 Å². The number of carbonyl (C=O) groups is 2. The van der Waals surface area contributed by atoms with Gasteiger partial charge < -0.3 is 20.5 Å². The van der Waals surface area contributed by atoms with Crippen molar-refractivity contribution < 1.29 is 19.4 Å². The molecule has 0 saturated carbocycles. The molecule has 6 nitrogen and oxygen atoms in total. The Hall–Kier alpha value is -1.30. The molecule has 3 N–H and O–H groups in total. The van der Waals surface area contributed by atoms with Crippen LogP contribution in [0.15, 0.2) is 0 Å². The highest BCUT2D eigenvalue weighted by Gasteiger charge is 2.00. The fourth-order valence-electron chi connectivity index (χ4n) is 0.930. The molecule has 0 aromatic rings. The molecule has 0 bridgehead atoms. The van der Waals surface area contributed by atoms with E-state index in [0.717, 1.165) is 6.42 Å². The van der Waals surface area contributed by atoms with Gasteiger partial charge >= 0.3 is 12.0 Å². The molecule has 0 aromatic heterocycles. The lowest BCUT2D eigenvalue weighted by molar-refractivity contribution is -0.140. The summed E-state index contributed by atoms with van der Waals surface area (Å²) >= 11 is 0. The van der Waals surface area contributed by atoms with Gasteiger partial charge in [0.1, 0.15) is 0 Å². The first-order chi connectivity index (χ1) is 7.20. The number of rotatable bonds is 7. The molecular formula is C9H18N2O4. The second kappa shape index (κ2) is 9.26. The predicted molar refractivity (Wildman–Crippen MR) is 54.4 cm³/mol. The van der Waals surface area contributed by atoms with E-state index >= 15 is 0 Å². The number of esters is 1. The molecule has 0 aliphatic heterocycles. The van der Waals surface area contributed by atoms with Crippen molar-refractivity contribution in [3.63, 3.8) is 0 Å². The maximum atomic E-state index is 10.9. The van der Waals surface area contributed by atoms with Gasteiger partial charge in [0.05, 0.1) is 13.7 Å². The summed E-state index contributed by atoms with van der Waals surface area (Å²) in [6.07, 6.45) is 1.78. The number of aliphatic hydroxyl groups is 1. The van der Waals surface area contributed by atoms with Crippen LogP contribution in [0.4, 0.5) is 4.79 Å². The van der Waals surface area contributed by atoms with Crippen LogP contribution in [0.25, 0.3) is 0 Å². The first kappa shape index (κ1) is 13.7. The molecule has 0 atom stereocenters. The van der Waals surface area contributed by atoms with Crippen LogP contribution in [0.5, 0.6) is 0 Å². The molecule has 6 heteroatoms. The molecule has 0 rings (SSSR count). The molecule has 15 heavy (non-hydrogen) atoms. The van der Waals surface area contributed by atoms with Gasteiger partial charge in [0.25, 0.3) is 0 Å². The number of unbranched alkanes of at least 4 members (excludes halogenated alkanes) is 1. The quantitative estimate of drug-likeness (QED) is 0.401. The number of nitrogens with one attached hydrogen (secondary N) is 2. The zero-order valence-corrected chi connectivity index (χ0v) is 8.91. The SMILES string of the molecule is COC(=O)CCCCNC(=O)NCCO. The zero-order chi connectivity index (χ0) is 11.5. The minimum absolute atomic E-state index is 0.0737. The normalized spacial score (nSPS) is 9.47. The molecule has 0 saturated heterocycles. The van der Waals surface area contributed by atoms with Gasteiger partial charge in [0.2, 0.25) is 0 Å². The average Bonchev–Trinajstić information content (AvgIpc) is 2.25. The van der Waals surface area contributed by atoms with E-state index in [2.05, 4.69) is 15.4 Å². The molecule has 0 aromatic carbocycles. The molecule has 0 radical (unpaired) electrons. The summed E-state index contributed by atoms with van der Waals surface area (Å²) in [4.78, 5) is 21.6. The highest BCUT2D eigenvalue weighted by atomic mass is 16.5. The zero-order valence-electron chi connectivity index (χ0n) is 8.91. The summed E-state index contributed by atoms with van der Waals surface area (Å²) in [5.41, 5.74) is 0. The largest absolute Gasteiger partial charge is 0.469 e. The third-order valence-electron chi connectivity index (χ3n) is 1.72. The van der Waals surface area contributed by atoms with E-state index in [-0.39, 0.29) is 25.2 Å². The van der Waals surface area contributed by atoms with E-state index in [1.807, 2.05) is 0 Å². The third-order valence-corrected chi connectivity index (χ3v) is 1.72. The van der Waals surface area contributed by atoms with Crippen LogP contribution in [0.1, 0.15) is 19.3 Å². The minimum atomic E-state index is -0.304. The van der Waals surface area contributed by atoms with Crippen LogP contribution in [-0.2, 0) is 9.53 Å². The van der Waals surface area contributed by atoms with E-state index in [0.29, 0.717) is 19.4 Å². The molecule has 0 unspecified atom stereocenters. The predicted octanol–water partition coefficient (Wildman–Crippen LogP) is -0.379. The van der Waals surface area contributed by atoms with Gasteiger partial charge in [-0.1, -0.05) is 0 Å². The molecule has 0 aliphatic carbocycles. The first-order valence-electron chi connectivity index (χ1n) is 4.90. The Balaban J connectivity index is 3.23. The monoisotopic (exact) mass is 218 g/mol. The lowest BCUT2D eigenvalue weighted by Gasteiger charge is -2.05. The van der Waals surface area contributed by atoms with Crippen molar-refractivity contribution in [2.45, 2.75) is 19.3 Å². The molecule has 0 aliphatic rings. The molecular weight excluding hydrogens is 200 g/mol. The van der Waals surface area contributed by atoms with Crippen molar-refractivity contribution in [1.82, 2.24) is 10.6 Å². The summed E-state index contributed by atoms with van der Waals surface area (Å²) < 4.78 is 4.46. The van der Waals surface area contributed by atoms with Gasteiger partial charge in [0.15, 0.2) is 0 Å². The fourth-order valence-corrected chi connectivity index (χ4v) is 0.930. The fraction of sp³-hybridized carbons (Fsp3) is 0.778. The second-order valence-electron chi connectivity index (χ2n) is 2.94. The Morgan fingerprint density at radius 1 is 1.20 bits per heavy atom.